The van der Waals surface area contributed by atoms with Crippen LogP contribution in [0, 0.1) is 0 Å². The Labute approximate surface area is 128 Å². The Morgan fingerprint density at radius 2 is 2.14 bits per heavy atom. The van der Waals surface area contributed by atoms with Crippen molar-refractivity contribution in [1.82, 2.24) is 5.43 Å². The van der Waals surface area contributed by atoms with Crippen LogP contribution in [0.4, 0.5) is 5.69 Å². The number of phenolic OH excluding ortho intramolecular Hbond substituents is 1. The molecule has 0 unspecified atom stereocenters. The number of carbonyl (C=O) groups excluding carboxylic acids is 1. The highest BCUT2D eigenvalue weighted by Crippen LogP contribution is 2.26. The van der Waals surface area contributed by atoms with Crippen molar-refractivity contribution in [3.8, 4) is 11.5 Å². The first-order valence-corrected chi connectivity index (χ1v) is 6.75. The van der Waals surface area contributed by atoms with Gasteiger partial charge in [0.2, 0.25) is 0 Å². The number of hydrazone groups is 1. The third-order valence-electron chi connectivity index (χ3n) is 2.87. The number of ether oxygens (including phenoxy) is 1. The zero-order chi connectivity index (χ0) is 15.9. The maximum absolute atomic E-state index is 11.9. The Morgan fingerprint density at radius 3 is 2.86 bits per heavy atom. The van der Waals surface area contributed by atoms with Crippen molar-refractivity contribution in [3.63, 3.8) is 0 Å². The maximum Gasteiger partial charge on any atom is 0.273 e. The average molecular weight is 299 g/mol. The van der Waals surface area contributed by atoms with Crippen LogP contribution in [-0.2, 0) is 0 Å². The van der Waals surface area contributed by atoms with E-state index in [1.807, 2.05) is 6.92 Å². The molecule has 1 amide bonds. The van der Waals surface area contributed by atoms with Gasteiger partial charge in [-0.05, 0) is 42.8 Å². The number of hydrogen-bond acceptors (Lipinski definition) is 5. The van der Waals surface area contributed by atoms with Gasteiger partial charge in [0.25, 0.3) is 5.91 Å². The summed E-state index contributed by atoms with van der Waals surface area (Å²) in [6.07, 6.45) is 1.46. The van der Waals surface area contributed by atoms with Crippen molar-refractivity contribution < 1.29 is 14.6 Å². The van der Waals surface area contributed by atoms with Crippen molar-refractivity contribution in [3.05, 3.63) is 53.6 Å². The molecule has 2 aromatic carbocycles. The minimum absolute atomic E-state index is 0.0556. The normalized spacial score (nSPS) is 10.6. The lowest BCUT2D eigenvalue weighted by Gasteiger charge is -2.06. The number of anilines is 1. The number of carbonyl (C=O) groups is 1. The summed E-state index contributed by atoms with van der Waals surface area (Å²) >= 11 is 0. The summed E-state index contributed by atoms with van der Waals surface area (Å²) in [6, 6.07) is 11.5. The number of rotatable bonds is 5. The Morgan fingerprint density at radius 1 is 1.36 bits per heavy atom. The van der Waals surface area contributed by atoms with Crippen molar-refractivity contribution >= 4 is 17.8 Å². The first kappa shape index (κ1) is 15.4. The van der Waals surface area contributed by atoms with E-state index < -0.39 is 5.91 Å². The molecule has 2 rings (SSSR count). The number of para-hydroxylation sites is 1. The van der Waals surface area contributed by atoms with E-state index in [1.54, 1.807) is 36.4 Å². The molecular weight excluding hydrogens is 282 g/mol. The summed E-state index contributed by atoms with van der Waals surface area (Å²) in [5.74, 6) is 0.0309. The van der Waals surface area contributed by atoms with Crippen LogP contribution in [0.2, 0.25) is 0 Å². The zero-order valence-electron chi connectivity index (χ0n) is 12.1. The molecule has 0 bridgehead atoms. The van der Waals surface area contributed by atoms with Gasteiger partial charge < -0.3 is 15.6 Å². The standard InChI is InChI=1S/C16H17N3O3/c1-2-22-15-9-11(7-8-14(15)20)10-18-19-16(21)12-5-3-4-6-13(12)17/h3-10,20H,2,17H2,1H3,(H,19,21)/b18-10+. The van der Waals surface area contributed by atoms with Gasteiger partial charge in [0.1, 0.15) is 0 Å². The molecule has 0 atom stereocenters. The molecule has 6 heteroatoms. The van der Waals surface area contributed by atoms with Gasteiger partial charge >= 0.3 is 0 Å². The topological polar surface area (TPSA) is 96.9 Å². The van der Waals surface area contributed by atoms with E-state index in [2.05, 4.69) is 10.5 Å². The second-order valence-electron chi connectivity index (χ2n) is 4.45. The summed E-state index contributed by atoms with van der Waals surface area (Å²) in [7, 11) is 0. The van der Waals surface area contributed by atoms with Gasteiger partial charge in [0.05, 0.1) is 18.4 Å². The lowest BCUT2D eigenvalue weighted by atomic mass is 10.2. The molecule has 0 saturated carbocycles. The van der Waals surface area contributed by atoms with Gasteiger partial charge in [-0.15, -0.1) is 0 Å². The monoisotopic (exact) mass is 299 g/mol. The number of hydrogen-bond donors (Lipinski definition) is 3. The van der Waals surface area contributed by atoms with Gasteiger partial charge in [0, 0.05) is 5.69 Å². The van der Waals surface area contributed by atoms with Crippen molar-refractivity contribution in [2.24, 2.45) is 5.10 Å². The van der Waals surface area contributed by atoms with Crippen LogP contribution in [0.15, 0.2) is 47.6 Å². The van der Waals surface area contributed by atoms with Gasteiger partial charge in [0.15, 0.2) is 11.5 Å². The van der Waals surface area contributed by atoms with Crippen molar-refractivity contribution in [1.29, 1.82) is 0 Å². The van der Waals surface area contributed by atoms with E-state index in [1.165, 1.54) is 12.3 Å². The van der Waals surface area contributed by atoms with Gasteiger partial charge in [-0.3, -0.25) is 4.79 Å². The highest BCUT2D eigenvalue weighted by Gasteiger charge is 2.07. The fraction of sp³-hybridized carbons (Fsp3) is 0.125. The van der Waals surface area contributed by atoms with Crippen LogP contribution in [0.5, 0.6) is 11.5 Å². The zero-order valence-corrected chi connectivity index (χ0v) is 12.1. The van der Waals surface area contributed by atoms with E-state index in [9.17, 15) is 9.90 Å². The molecule has 0 aliphatic carbocycles. The Balaban J connectivity index is 2.05. The number of nitrogens with one attached hydrogen (secondary N) is 1. The second kappa shape index (κ2) is 7.12. The fourth-order valence-electron chi connectivity index (χ4n) is 1.81. The fourth-order valence-corrected chi connectivity index (χ4v) is 1.81. The number of nitrogens with zero attached hydrogens (tertiary/aromatic N) is 1. The van der Waals surface area contributed by atoms with E-state index in [4.69, 9.17) is 10.5 Å². The number of nitrogen functional groups attached to an aromatic ring is 1. The molecule has 22 heavy (non-hydrogen) atoms. The lowest BCUT2D eigenvalue weighted by molar-refractivity contribution is 0.0956. The molecule has 0 aromatic heterocycles. The molecule has 0 fully saturated rings. The third kappa shape index (κ3) is 3.76. The van der Waals surface area contributed by atoms with Crippen LogP contribution in [0.25, 0.3) is 0 Å². The summed E-state index contributed by atoms with van der Waals surface area (Å²) in [5.41, 5.74) is 9.55. The average Bonchev–Trinajstić information content (AvgIpc) is 2.51. The largest absolute Gasteiger partial charge is 0.504 e. The molecule has 0 radical (unpaired) electrons. The summed E-state index contributed by atoms with van der Waals surface area (Å²) in [5, 5.41) is 13.5. The van der Waals surface area contributed by atoms with E-state index in [0.717, 1.165) is 0 Å². The molecule has 0 heterocycles. The van der Waals surface area contributed by atoms with Crippen LogP contribution in [0.1, 0.15) is 22.8 Å². The van der Waals surface area contributed by atoms with Gasteiger partial charge in [-0.2, -0.15) is 5.10 Å². The molecule has 0 saturated heterocycles. The number of benzene rings is 2. The molecule has 2 aromatic rings. The lowest BCUT2D eigenvalue weighted by Crippen LogP contribution is -2.18. The molecular formula is C16H17N3O3. The van der Waals surface area contributed by atoms with E-state index >= 15 is 0 Å². The van der Waals surface area contributed by atoms with Crippen LogP contribution in [0.3, 0.4) is 0 Å². The molecule has 6 nitrogen and oxygen atoms in total. The number of nitrogens with two attached hydrogens (primary N) is 1. The molecule has 0 aliphatic heterocycles. The number of aromatic hydroxyl groups is 1. The highest BCUT2D eigenvalue weighted by molar-refractivity contribution is 5.99. The third-order valence-corrected chi connectivity index (χ3v) is 2.87. The van der Waals surface area contributed by atoms with Crippen LogP contribution in [-0.4, -0.2) is 23.8 Å². The van der Waals surface area contributed by atoms with Gasteiger partial charge in [-0.1, -0.05) is 12.1 Å². The quantitative estimate of drug-likeness (QED) is 0.447. The van der Waals surface area contributed by atoms with E-state index in [0.29, 0.717) is 29.2 Å². The van der Waals surface area contributed by atoms with Crippen LogP contribution >= 0.6 is 0 Å². The smallest absolute Gasteiger partial charge is 0.273 e. The van der Waals surface area contributed by atoms with Crippen LogP contribution < -0.4 is 15.9 Å². The van der Waals surface area contributed by atoms with Crippen molar-refractivity contribution in [2.75, 3.05) is 12.3 Å². The Bertz CT molecular complexity index is 699. The minimum atomic E-state index is -0.391. The molecule has 0 spiro atoms. The summed E-state index contributed by atoms with van der Waals surface area (Å²) in [6.45, 7) is 2.27. The predicted octanol–water partition coefficient (Wildman–Crippen LogP) is 2.14. The predicted molar refractivity (Wildman–Crippen MR) is 85.2 cm³/mol. The first-order valence-electron chi connectivity index (χ1n) is 6.75. The summed E-state index contributed by atoms with van der Waals surface area (Å²) < 4.78 is 5.27. The Hall–Kier alpha value is -3.02. The number of phenols is 1. The highest BCUT2D eigenvalue weighted by atomic mass is 16.5. The van der Waals surface area contributed by atoms with Gasteiger partial charge in [-0.25, -0.2) is 5.43 Å². The molecule has 114 valence electrons. The maximum atomic E-state index is 11.9. The first-order chi connectivity index (χ1) is 10.6. The van der Waals surface area contributed by atoms with Crippen molar-refractivity contribution in [2.45, 2.75) is 6.92 Å². The molecule has 0 aliphatic rings. The second-order valence-corrected chi connectivity index (χ2v) is 4.45. The number of amides is 1. The SMILES string of the molecule is CCOc1cc(/C=N/NC(=O)c2ccccc2N)ccc1O. The molecule has 4 N–H and O–H groups in total. The van der Waals surface area contributed by atoms with E-state index in [-0.39, 0.29) is 5.75 Å². The summed E-state index contributed by atoms with van der Waals surface area (Å²) in [4.78, 5) is 11.9. The minimum Gasteiger partial charge on any atom is -0.504 e. The Kier molecular flexibility index (Phi) is 4.98.